The maximum Gasteiger partial charge on any atom is 0.276 e. The Morgan fingerprint density at radius 1 is 1.17 bits per heavy atom. The summed E-state index contributed by atoms with van der Waals surface area (Å²) in [6.45, 7) is 4.80. The van der Waals surface area contributed by atoms with Crippen LogP contribution in [0.25, 0.3) is 0 Å². The first-order valence-electron chi connectivity index (χ1n) is 6.85. The van der Waals surface area contributed by atoms with Crippen LogP contribution in [-0.2, 0) is 19.6 Å². The number of rotatable bonds is 6. The lowest BCUT2D eigenvalue weighted by Gasteiger charge is -2.14. The summed E-state index contributed by atoms with van der Waals surface area (Å²) in [7, 11) is -3.51. The van der Waals surface area contributed by atoms with Crippen LogP contribution in [0, 0.1) is 13.8 Å². The summed E-state index contributed by atoms with van der Waals surface area (Å²) in [6, 6.07) is 4.60. The zero-order valence-electron chi connectivity index (χ0n) is 13.5. The van der Waals surface area contributed by atoms with E-state index in [-0.39, 0.29) is 6.61 Å². The maximum atomic E-state index is 11.7. The van der Waals surface area contributed by atoms with Crippen molar-refractivity contribution in [2.45, 2.75) is 26.8 Å². The second kappa shape index (κ2) is 7.93. The lowest BCUT2D eigenvalue weighted by molar-refractivity contribution is -0.130. The topological polar surface area (TPSA) is 114 Å². The molecule has 1 aromatic carbocycles. The molecule has 0 fully saturated rings. The van der Waals surface area contributed by atoms with Gasteiger partial charge >= 0.3 is 0 Å². The predicted molar refractivity (Wildman–Crippen MR) is 85.1 cm³/mol. The van der Waals surface area contributed by atoms with Gasteiger partial charge in [0.05, 0.1) is 12.3 Å². The number of carbonyl (C=O) groups excluding carboxylic acids is 2. The molecule has 1 rings (SSSR count). The molecule has 128 valence electrons. The van der Waals surface area contributed by atoms with Crippen molar-refractivity contribution >= 4 is 21.8 Å². The van der Waals surface area contributed by atoms with Crippen LogP contribution in [0.1, 0.15) is 18.1 Å². The van der Waals surface area contributed by atoms with Crippen LogP contribution in [0.2, 0.25) is 0 Å². The van der Waals surface area contributed by atoms with Crippen molar-refractivity contribution < 1.29 is 22.7 Å². The smallest absolute Gasteiger partial charge is 0.276 e. The number of hydrazine groups is 1. The number of carbonyl (C=O) groups is 2. The molecule has 0 spiro atoms. The number of nitrogens with one attached hydrogen (secondary N) is 3. The average molecular weight is 343 g/mol. The monoisotopic (exact) mass is 343 g/mol. The van der Waals surface area contributed by atoms with Gasteiger partial charge < -0.3 is 4.74 Å². The van der Waals surface area contributed by atoms with E-state index in [2.05, 4.69) is 15.6 Å². The highest BCUT2D eigenvalue weighted by Crippen LogP contribution is 2.21. The highest BCUT2D eigenvalue weighted by atomic mass is 32.2. The molecule has 1 atom stereocenters. The van der Waals surface area contributed by atoms with Crippen LogP contribution >= 0.6 is 0 Å². The van der Waals surface area contributed by atoms with Crippen molar-refractivity contribution in [3.8, 4) is 5.75 Å². The van der Waals surface area contributed by atoms with E-state index in [4.69, 9.17) is 4.74 Å². The highest BCUT2D eigenvalue weighted by Gasteiger charge is 2.17. The van der Waals surface area contributed by atoms with E-state index in [1.807, 2.05) is 32.0 Å². The zero-order valence-corrected chi connectivity index (χ0v) is 14.3. The van der Waals surface area contributed by atoms with Crippen LogP contribution in [0.4, 0.5) is 0 Å². The molecule has 8 nitrogen and oxygen atoms in total. The molecular formula is C14H21N3O5S. The fourth-order valence-electron chi connectivity index (χ4n) is 1.81. The molecule has 0 radical (unpaired) electrons. The van der Waals surface area contributed by atoms with Crippen molar-refractivity contribution in [2.24, 2.45) is 0 Å². The number of amides is 2. The van der Waals surface area contributed by atoms with Crippen LogP contribution < -0.4 is 20.3 Å². The molecule has 0 aromatic heterocycles. The van der Waals surface area contributed by atoms with E-state index < -0.39 is 27.9 Å². The van der Waals surface area contributed by atoms with Crippen molar-refractivity contribution in [2.75, 3.05) is 12.9 Å². The van der Waals surface area contributed by atoms with Gasteiger partial charge in [-0.15, -0.1) is 0 Å². The molecule has 0 heterocycles. The van der Waals surface area contributed by atoms with Crippen LogP contribution in [-0.4, -0.2) is 39.1 Å². The van der Waals surface area contributed by atoms with Gasteiger partial charge in [0.25, 0.3) is 11.8 Å². The molecule has 3 N–H and O–H groups in total. The third-order valence-corrected chi connectivity index (χ3v) is 3.65. The zero-order chi connectivity index (χ0) is 17.6. The van der Waals surface area contributed by atoms with Gasteiger partial charge in [0.2, 0.25) is 10.0 Å². The van der Waals surface area contributed by atoms with Gasteiger partial charge in [0.1, 0.15) is 5.75 Å². The Labute approximate surface area is 135 Å². The Hall–Kier alpha value is -2.13. The minimum absolute atomic E-state index is 0.278. The molecule has 0 saturated carbocycles. The molecule has 0 unspecified atom stereocenters. The number of aryl methyl sites for hydroxylation is 2. The fourth-order valence-corrected chi connectivity index (χ4v) is 2.56. The lowest BCUT2D eigenvalue weighted by atomic mass is 10.1. The second-order valence-corrected chi connectivity index (χ2v) is 6.94. The summed E-state index contributed by atoms with van der Waals surface area (Å²) >= 11 is 0. The number of benzene rings is 1. The van der Waals surface area contributed by atoms with Gasteiger partial charge in [-0.05, 0) is 31.9 Å². The first kappa shape index (κ1) is 18.9. The first-order chi connectivity index (χ1) is 10.6. The second-order valence-electron chi connectivity index (χ2n) is 5.16. The van der Waals surface area contributed by atoms with Crippen LogP contribution in [0.5, 0.6) is 5.75 Å². The Bertz CT molecular complexity index is 667. The average Bonchev–Trinajstić information content (AvgIpc) is 2.42. The molecule has 23 heavy (non-hydrogen) atoms. The maximum absolute atomic E-state index is 11.7. The van der Waals surface area contributed by atoms with E-state index in [1.165, 1.54) is 6.92 Å². The first-order valence-corrected chi connectivity index (χ1v) is 8.74. The Kier molecular flexibility index (Phi) is 6.52. The van der Waals surface area contributed by atoms with Gasteiger partial charge in [-0.1, -0.05) is 18.2 Å². The third-order valence-electron chi connectivity index (χ3n) is 2.87. The predicted octanol–water partition coefficient (Wildman–Crippen LogP) is -0.233. The number of hydrogen-bond donors (Lipinski definition) is 3. The van der Waals surface area contributed by atoms with Crippen molar-refractivity contribution in [1.29, 1.82) is 0 Å². The lowest BCUT2D eigenvalue weighted by Crippen LogP contribution is -2.51. The van der Waals surface area contributed by atoms with Crippen LogP contribution in [0.3, 0.4) is 0 Å². The SMILES string of the molecule is Cc1cccc(C)c1OCC(=O)NNC(=O)[C@@H](C)NS(C)(=O)=O. The van der Waals surface area contributed by atoms with Crippen molar-refractivity contribution in [3.05, 3.63) is 29.3 Å². The number of hydrogen-bond acceptors (Lipinski definition) is 5. The number of para-hydroxylation sites is 1. The molecule has 0 aliphatic heterocycles. The van der Waals surface area contributed by atoms with Gasteiger partial charge in [-0.2, -0.15) is 0 Å². The largest absolute Gasteiger partial charge is 0.483 e. The molecule has 0 saturated heterocycles. The fraction of sp³-hybridized carbons (Fsp3) is 0.429. The van der Waals surface area contributed by atoms with Gasteiger partial charge in [-0.25, -0.2) is 13.1 Å². The third kappa shape index (κ3) is 6.66. The quantitative estimate of drug-likeness (QED) is 0.617. The summed E-state index contributed by atoms with van der Waals surface area (Å²) in [5.41, 5.74) is 6.08. The minimum Gasteiger partial charge on any atom is -0.483 e. The molecule has 2 amide bonds. The van der Waals surface area contributed by atoms with Gasteiger partial charge in [-0.3, -0.25) is 20.4 Å². The Balaban J connectivity index is 2.44. The van der Waals surface area contributed by atoms with E-state index >= 15 is 0 Å². The standard InChI is InChI=1S/C14H21N3O5S/c1-9-6-5-7-10(2)13(9)22-8-12(18)15-16-14(19)11(3)17-23(4,20)21/h5-7,11,17H,8H2,1-4H3,(H,15,18)(H,16,19)/t11-/m1/s1. The summed E-state index contributed by atoms with van der Waals surface area (Å²) in [5.74, 6) is -0.635. The molecule has 0 aliphatic rings. The Morgan fingerprint density at radius 2 is 1.74 bits per heavy atom. The molecule has 0 aliphatic carbocycles. The van der Waals surface area contributed by atoms with Crippen molar-refractivity contribution in [3.63, 3.8) is 0 Å². The van der Waals surface area contributed by atoms with E-state index in [0.717, 1.165) is 17.4 Å². The van der Waals surface area contributed by atoms with Gasteiger partial charge in [0.15, 0.2) is 6.61 Å². The number of ether oxygens (including phenoxy) is 1. The van der Waals surface area contributed by atoms with Gasteiger partial charge in [0, 0.05) is 0 Å². The highest BCUT2D eigenvalue weighted by molar-refractivity contribution is 7.88. The summed E-state index contributed by atoms with van der Waals surface area (Å²) in [6.07, 6.45) is 0.938. The van der Waals surface area contributed by atoms with E-state index in [1.54, 1.807) is 0 Å². The van der Waals surface area contributed by atoms with E-state index in [9.17, 15) is 18.0 Å². The molecule has 1 aromatic rings. The van der Waals surface area contributed by atoms with Crippen molar-refractivity contribution in [1.82, 2.24) is 15.6 Å². The summed E-state index contributed by atoms with van der Waals surface area (Å²) in [5, 5.41) is 0. The molecular weight excluding hydrogens is 322 g/mol. The van der Waals surface area contributed by atoms with E-state index in [0.29, 0.717) is 5.75 Å². The summed E-state index contributed by atoms with van der Waals surface area (Å²) < 4.78 is 29.5. The number of sulfonamides is 1. The minimum atomic E-state index is -3.51. The van der Waals surface area contributed by atoms with Crippen LogP contribution in [0.15, 0.2) is 18.2 Å². The summed E-state index contributed by atoms with van der Waals surface area (Å²) in [4.78, 5) is 23.3. The normalized spacial score (nSPS) is 12.3. The molecule has 9 heteroatoms. The molecule has 0 bridgehead atoms. The Morgan fingerprint density at radius 3 is 2.26 bits per heavy atom.